The highest BCUT2D eigenvalue weighted by atomic mass is 16.2. The number of hydrogen-bond donors (Lipinski definition) is 3. The molecule has 4 N–H and O–H groups in total. The molecule has 2 aromatic rings. The molecule has 0 atom stereocenters. The average Bonchev–Trinajstić information content (AvgIpc) is 2.68. The molecule has 0 bridgehead atoms. The van der Waals surface area contributed by atoms with E-state index in [1.807, 2.05) is 19.2 Å². The molecule has 0 unspecified atom stereocenters. The first-order chi connectivity index (χ1) is 13.4. The number of aliphatic imine (C=N–C) groups is 1. The summed E-state index contributed by atoms with van der Waals surface area (Å²) in [6.45, 7) is 3.22. The highest BCUT2D eigenvalue weighted by Crippen LogP contribution is 2.07. The molecule has 0 heterocycles. The van der Waals surface area contributed by atoms with Gasteiger partial charge in [-0.3, -0.25) is 14.6 Å². The maximum absolute atomic E-state index is 11.9. The fraction of sp³-hybridized carbons (Fsp3) is 0.286. The Bertz CT molecular complexity index is 829. The molecule has 0 aliphatic rings. The first kappa shape index (κ1) is 21.0. The lowest BCUT2D eigenvalue weighted by atomic mass is 10.1. The van der Waals surface area contributed by atoms with Gasteiger partial charge in [0.1, 0.15) is 0 Å². The van der Waals surface area contributed by atoms with Crippen molar-refractivity contribution < 1.29 is 9.59 Å². The second kappa shape index (κ2) is 10.1. The number of guanidine groups is 1. The molecule has 0 saturated carbocycles. The predicted octanol–water partition coefficient (Wildman–Crippen LogP) is 1.42. The van der Waals surface area contributed by atoms with Crippen molar-refractivity contribution in [2.45, 2.75) is 20.0 Å². The van der Waals surface area contributed by atoms with Crippen LogP contribution in [0.4, 0.5) is 0 Å². The molecule has 2 aromatic carbocycles. The first-order valence-electron chi connectivity index (χ1n) is 9.02. The van der Waals surface area contributed by atoms with Crippen molar-refractivity contribution in [3.8, 4) is 0 Å². The lowest BCUT2D eigenvalue weighted by molar-refractivity contribution is -0.117. The van der Waals surface area contributed by atoms with E-state index in [1.54, 1.807) is 19.2 Å². The van der Waals surface area contributed by atoms with Crippen LogP contribution < -0.4 is 16.4 Å². The SMILES string of the molecule is CN=C(NCc1ccc(C(=O)NCC(N)=O)cc1)N(C)Cc1ccc(C)cc1. The summed E-state index contributed by atoms with van der Waals surface area (Å²) in [4.78, 5) is 29.0. The molecular weight excluding hydrogens is 354 g/mol. The molecule has 28 heavy (non-hydrogen) atoms. The Kier molecular flexibility index (Phi) is 7.56. The van der Waals surface area contributed by atoms with Gasteiger partial charge in [0.15, 0.2) is 5.96 Å². The summed E-state index contributed by atoms with van der Waals surface area (Å²) in [6.07, 6.45) is 0. The van der Waals surface area contributed by atoms with E-state index in [1.165, 1.54) is 11.1 Å². The maximum atomic E-state index is 11.9. The van der Waals surface area contributed by atoms with Crippen LogP contribution in [0.15, 0.2) is 53.5 Å². The van der Waals surface area contributed by atoms with Crippen molar-refractivity contribution in [3.05, 3.63) is 70.8 Å². The van der Waals surface area contributed by atoms with Crippen molar-refractivity contribution in [1.82, 2.24) is 15.5 Å². The van der Waals surface area contributed by atoms with Crippen molar-refractivity contribution >= 4 is 17.8 Å². The Balaban J connectivity index is 1.89. The Hall–Kier alpha value is -3.35. The van der Waals surface area contributed by atoms with E-state index in [0.717, 1.165) is 18.1 Å². The number of rotatable bonds is 7. The monoisotopic (exact) mass is 381 g/mol. The van der Waals surface area contributed by atoms with E-state index in [0.29, 0.717) is 12.1 Å². The molecular formula is C21H27N5O2. The fourth-order valence-electron chi connectivity index (χ4n) is 2.65. The van der Waals surface area contributed by atoms with Gasteiger partial charge in [-0.05, 0) is 30.2 Å². The number of carbonyl (C=O) groups excluding carboxylic acids is 2. The van der Waals surface area contributed by atoms with Crippen LogP contribution in [-0.4, -0.2) is 43.3 Å². The average molecular weight is 381 g/mol. The van der Waals surface area contributed by atoms with E-state index in [4.69, 9.17) is 5.73 Å². The van der Waals surface area contributed by atoms with E-state index >= 15 is 0 Å². The lowest BCUT2D eigenvalue weighted by Crippen LogP contribution is -2.38. The van der Waals surface area contributed by atoms with E-state index < -0.39 is 5.91 Å². The minimum atomic E-state index is -0.574. The number of benzene rings is 2. The summed E-state index contributed by atoms with van der Waals surface area (Å²) in [5.74, 6) is -0.119. The second-order valence-corrected chi connectivity index (χ2v) is 6.59. The Labute approximate surface area is 165 Å². The van der Waals surface area contributed by atoms with Crippen molar-refractivity contribution in [1.29, 1.82) is 0 Å². The van der Waals surface area contributed by atoms with E-state index in [9.17, 15) is 9.59 Å². The number of nitrogens with zero attached hydrogens (tertiary/aromatic N) is 2. The van der Waals surface area contributed by atoms with Gasteiger partial charge in [-0.2, -0.15) is 0 Å². The standard InChI is InChI=1S/C21H27N5O2/c1-15-4-6-17(7-5-15)14-26(3)21(23-2)25-12-16-8-10-18(11-9-16)20(28)24-13-19(22)27/h4-11H,12-14H2,1-3H3,(H2,22,27)(H,23,25)(H,24,28). The van der Waals surface area contributed by atoms with Crippen LogP contribution in [0.25, 0.3) is 0 Å². The molecule has 7 heteroatoms. The number of amides is 2. The largest absolute Gasteiger partial charge is 0.368 e. The normalized spacial score (nSPS) is 11.0. The molecule has 0 spiro atoms. The zero-order valence-electron chi connectivity index (χ0n) is 16.5. The van der Waals surface area contributed by atoms with E-state index in [-0.39, 0.29) is 12.5 Å². The number of aryl methyl sites for hydroxylation is 1. The van der Waals surface area contributed by atoms with Crippen LogP contribution in [0.2, 0.25) is 0 Å². The Morgan fingerprint density at radius 1 is 1.00 bits per heavy atom. The van der Waals surface area contributed by atoms with Crippen LogP contribution in [0.3, 0.4) is 0 Å². The summed E-state index contributed by atoms with van der Waals surface area (Å²) < 4.78 is 0. The van der Waals surface area contributed by atoms with Crippen LogP contribution in [0.1, 0.15) is 27.0 Å². The van der Waals surface area contributed by atoms with Crippen LogP contribution >= 0.6 is 0 Å². The third-order valence-corrected chi connectivity index (χ3v) is 4.20. The molecule has 2 rings (SSSR count). The molecule has 0 fully saturated rings. The maximum Gasteiger partial charge on any atom is 0.251 e. The first-order valence-corrected chi connectivity index (χ1v) is 9.02. The van der Waals surface area contributed by atoms with Gasteiger partial charge < -0.3 is 21.3 Å². The molecule has 0 radical (unpaired) electrons. The second-order valence-electron chi connectivity index (χ2n) is 6.59. The highest BCUT2D eigenvalue weighted by Gasteiger charge is 2.08. The third kappa shape index (κ3) is 6.42. The van der Waals surface area contributed by atoms with Gasteiger partial charge in [-0.15, -0.1) is 0 Å². The van der Waals surface area contributed by atoms with Gasteiger partial charge in [-0.25, -0.2) is 0 Å². The van der Waals surface area contributed by atoms with Gasteiger partial charge in [0, 0.05) is 32.7 Å². The van der Waals surface area contributed by atoms with Gasteiger partial charge in [0.25, 0.3) is 5.91 Å². The van der Waals surface area contributed by atoms with Crippen LogP contribution in [-0.2, 0) is 17.9 Å². The summed E-state index contributed by atoms with van der Waals surface area (Å²) >= 11 is 0. The fourth-order valence-corrected chi connectivity index (χ4v) is 2.65. The molecule has 148 valence electrons. The number of nitrogens with one attached hydrogen (secondary N) is 2. The van der Waals surface area contributed by atoms with E-state index in [2.05, 4.69) is 51.7 Å². The van der Waals surface area contributed by atoms with Crippen LogP contribution in [0.5, 0.6) is 0 Å². The predicted molar refractivity (Wildman–Crippen MR) is 111 cm³/mol. The van der Waals surface area contributed by atoms with Gasteiger partial charge in [0.05, 0.1) is 6.54 Å². The minimum absolute atomic E-state index is 0.175. The number of nitrogens with two attached hydrogens (primary N) is 1. The van der Waals surface area contributed by atoms with Crippen molar-refractivity contribution in [2.24, 2.45) is 10.7 Å². The molecule has 2 amide bonds. The molecule has 0 aliphatic heterocycles. The number of carbonyl (C=O) groups is 2. The molecule has 0 aliphatic carbocycles. The molecule has 0 aromatic heterocycles. The van der Waals surface area contributed by atoms with Crippen molar-refractivity contribution in [3.63, 3.8) is 0 Å². The Morgan fingerprint density at radius 2 is 1.61 bits per heavy atom. The summed E-state index contributed by atoms with van der Waals surface area (Å²) in [5.41, 5.74) is 8.96. The van der Waals surface area contributed by atoms with Crippen molar-refractivity contribution in [2.75, 3.05) is 20.6 Å². The van der Waals surface area contributed by atoms with Gasteiger partial charge in [-0.1, -0.05) is 42.0 Å². The zero-order valence-corrected chi connectivity index (χ0v) is 16.5. The quantitative estimate of drug-likeness (QED) is 0.499. The lowest BCUT2D eigenvalue weighted by Gasteiger charge is -2.22. The Morgan fingerprint density at radius 3 is 2.18 bits per heavy atom. The number of hydrogen-bond acceptors (Lipinski definition) is 3. The number of primary amides is 1. The topological polar surface area (TPSA) is 99.8 Å². The summed E-state index contributed by atoms with van der Waals surface area (Å²) in [6, 6.07) is 15.6. The van der Waals surface area contributed by atoms with Gasteiger partial charge >= 0.3 is 0 Å². The summed E-state index contributed by atoms with van der Waals surface area (Å²) in [5, 5.41) is 5.78. The van der Waals surface area contributed by atoms with Gasteiger partial charge in [0.2, 0.25) is 5.91 Å². The third-order valence-electron chi connectivity index (χ3n) is 4.20. The smallest absolute Gasteiger partial charge is 0.251 e. The molecule has 7 nitrogen and oxygen atoms in total. The minimum Gasteiger partial charge on any atom is -0.368 e. The zero-order chi connectivity index (χ0) is 20.5. The molecule has 0 saturated heterocycles. The summed E-state index contributed by atoms with van der Waals surface area (Å²) in [7, 11) is 3.74. The van der Waals surface area contributed by atoms with Crippen LogP contribution in [0, 0.1) is 6.92 Å². The highest BCUT2D eigenvalue weighted by molar-refractivity contribution is 5.96.